The molecule has 1 saturated heterocycles. The van der Waals surface area contributed by atoms with Gasteiger partial charge >= 0.3 is 94.1 Å². The van der Waals surface area contributed by atoms with E-state index in [-0.39, 0.29) is 0 Å². The third-order valence-electron chi connectivity index (χ3n) is 2.48. The molecule has 2 unspecified atom stereocenters. The van der Waals surface area contributed by atoms with Crippen LogP contribution >= 0.6 is 8.58 Å². The van der Waals surface area contributed by atoms with E-state index in [1.165, 1.54) is 38.5 Å². The van der Waals surface area contributed by atoms with Gasteiger partial charge in [-0.15, -0.1) is 0 Å². The van der Waals surface area contributed by atoms with Crippen LogP contribution in [0.1, 0.15) is 19.8 Å². The molecular formula is C11H17PPt. The summed E-state index contributed by atoms with van der Waals surface area (Å²) >= 11 is 2.30. The van der Waals surface area contributed by atoms with Gasteiger partial charge in [-0.25, -0.2) is 0 Å². The number of allylic oxidation sites excluding steroid dienone is 3. The predicted octanol–water partition coefficient (Wildman–Crippen LogP) is 2.93. The Kier molecular flexibility index (Phi) is 5.37. The van der Waals surface area contributed by atoms with Crippen molar-refractivity contribution in [3.63, 3.8) is 0 Å². The van der Waals surface area contributed by atoms with E-state index in [9.17, 15) is 0 Å². The third-order valence-corrected chi connectivity index (χ3v) is 4.75. The fourth-order valence-electron chi connectivity index (χ4n) is 1.52. The molecule has 2 heteroatoms. The molecule has 1 aliphatic heterocycles. The van der Waals surface area contributed by atoms with Crippen molar-refractivity contribution in [1.29, 1.82) is 0 Å². The van der Waals surface area contributed by atoms with Gasteiger partial charge in [0.25, 0.3) is 0 Å². The molecule has 1 heterocycles. The molecule has 1 rings (SSSR count). The van der Waals surface area contributed by atoms with Crippen LogP contribution in [-0.2, 0) is 19.4 Å². The summed E-state index contributed by atoms with van der Waals surface area (Å²) in [7, 11) is 1.18. The second kappa shape index (κ2) is 6.05. The molecule has 0 radical (unpaired) electrons. The summed E-state index contributed by atoms with van der Waals surface area (Å²) in [4.78, 5) is 0. The van der Waals surface area contributed by atoms with Gasteiger partial charge in [-0.1, -0.05) is 0 Å². The van der Waals surface area contributed by atoms with E-state index in [4.69, 9.17) is 0 Å². The molecule has 0 aromatic carbocycles. The fourth-order valence-corrected chi connectivity index (χ4v) is 3.74. The van der Waals surface area contributed by atoms with Crippen LogP contribution in [0, 0.1) is 5.92 Å². The Morgan fingerprint density at radius 3 is 2.92 bits per heavy atom. The predicted molar refractivity (Wildman–Crippen MR) is 59.7 cm³/mol. The molecule has 0 aliphatic carbocycles. The second-order valence-electron chi connectivity index (χ2n) is 3.43. The van der Waals surface area contributed by atoms with E-state index >= 15 is 0 Å². The first-order chi connectivity index (χ1) is 6.27. The van der Waals surface area contributed by atoms with E-state index in [2.05, 4.69) is 43.3 Å². The standard InChI is InChI=1S/C11H17P.Pt/c1-4-9(2)7-10(3)11-5-6-12-8-11;/h2,7,11-12H,3-6,8H2,1H3;/b9-7+;. The van der Waals surface area contributed by atoms with E-state index in [0.717, 1.165) is 12.3 Å². The Labute approximate surface area is 94.1 Å². The van der Waals surface area contributed by atoms with Crippen molar-refractivity contribution in [3.05, 3.63) is 23.8 Å². The van der Waals surface area contributed by atoms with Gasteiger partial charge in [0, 0.05) is 0 Å². The first-order valence-electron chi connectivity index (χ1n) is 4.78. The third kappa shape index (κ3) is 3.60. The minimum atomic E-state index is 0.788. The molecule has 0 nitrogen and oxygen atoms in total. The van der Waals surface area contributed by atoms with Gasteiger partial charge in [0.05, 0.1) is 0 Å². The molecule has 0 bridgehead atoms. The van der Waals surface area contributed by atoms with Crippen molar-refractivity contribution in [1.82, 2.24) is 0 Å². The molecule has 0 N–H and O–H groups in total. The fraction of sp³-hybridized carbons (Fsp3) is 0.545. The van der Waals surface area contributed by atoms with Gasteiger partial charge in [-0.3, -0.25) is 0 Å². The van der Waals surface area contributed by atoms with Crippen LogP contribution in [0.25, 0.3) is 0 Å². The van der Waals surface area contributed by atoms with Crippen molar-refractivity contribution < 1.29 is 19.4 Å². The molecule has 76 valence electrons. The molecule has 0 aromatic heterocycles. The molecule has 0 spiro atoms. The summed E-state index contributed by atoms with van der Waals surface area (Å²) in [6.07, 6.45) is 7.58. The van der Waals surface area contributed by atoms with Crippen LogP contribution in [0.3, 0.4) is 0 Å². The van der Waals surface area contributed by atoms with Crippen molar-refractivity contribution in [2.24, 2.45) is 5.92 Å². The summed E-state index contributed by atoms with van der Waals surface area (Å²) in [6, 6.07) is 0. The summed E-state index contributed by atoms with van der Waals surface area (Å²) in [5.41, 5.74) is 2.78. The SMILES string of the molecule is C=C(/C=C(\[CH]=[Pt])CC)C1CCPC1. The first-order valence-corrected chi connectivity index (χ1v) is 7.50. The van der Waals surface area contributed by atoms with Crippen LogP contribution in [0.5, 0.6) is 0 Å². The summed E-state index contributed by atoms with van der Waals surface area (Å²) in [5, 5.41) is 0. The average Bonchev–Trinajstić information content (AvgIpc) is 2.66. The zero-order valence-electron chi connectivity index (χ0n) is 8.08. The van der Waals surface area contributed by atoms with Gasteiger partial charge in [0.2, 0.25) is 0 Å². The van der Waals surface area contributed by atoms with E-state index in [1.54, 1.807) is 0 Å². The van der Waals surface area contributed by atoms with Crippen LogP contribution in [0.2, 0.25) is 0 Å². The summed E-state index contributed by atoms with van der Waals surface area (Å²) < 4.78 is 2.17. The Morgan fingerprint density at radius 2 is 2.46 bits per heavy atom. The Bertz CT molecular complexity index is 224. The summed E-state index contributed by atoms with van der Waals surface area (Å²) in [6.45, 7) is 6.38. The first kappa shape index (κ1) is 11.5. The second-order valence-corrected chi connectivity index (χ2v) is 5.49. The maximum atomic E-state index is 4.18. The van der Waals surface area contributed by atoms with Gasteiger partial charge in [0.15, 0.2) is 0 Å². The van der Waals surface area contributed by atoms with Crippen molar-refractivity contribution in [3.8, 4) is 0 Å². The van der Waals surface area contributed by atoms with Gasteiger partial charge in [0.1, 0.15) is 0 Å². The zero-order chi connectivity index (χ0) is 9.68. The molecule has 0 aromatic rings. The quantitative estimate of drug-likeness (QED) is 0.524. The normalized spacial score (nSPS) is 25.2. The van der Waals surface area contributed by atoms with Crippen LogP contribution < -0.4 is 0 Å². The van der Waals surface area contributed by atoms with Crippen LogP contribution in [0.4, 0.5) is 0 Å². The summed E-state index contributed by atoms with van der Waals surface area (Å²) in [5.74, 6) is 0.788. The van der Waals surface area contributed by atoms with Gasteiger partial charge < -0.3 is 0 Å². The Balaban J connectivity index is 2.55. The van der Waals surface area contributed by atoms with Crippen molar-refractivity contribution in [2.75, 3.05) is 12.3 Å². The van der Waals surface area contributed by atoms with Gasteiger partial charge in [-0.05, 0) is 0 Å². The molecular weight excluding hydrogens is 358 g/mol. The molecule has 0 amide bonds. The molecule has 0 saturated carbocycles. The number of rotatable bonds is 4. The van der Waals surface area contributed by atoms with Crippen molar-refractivity contribution >= 4 is 13.0 Å². The van der Waals surface area contributed by atoms with E-state index in [0.29, 0.717) is 0 Å². The molecule has 1 fully saturated rings. The maximum absolute atomic E-state index is 4.18. The minimum absolute atomic E-state index is 0.788. The Morgan fingerprint density at radius 1 is 1.69 bits per heavy atom. The molecule has 2 atom stereocenters. The monoisotopic (exact) mass is 375 g/mol. The van der Waals surface area contributed by atoms with E-state index < -0.39 is 0 Å². The van der Waals surface area contributed by atoms with Gasteiger partial charge in [-0.2, -0.15) is 0 Å². The number of hydrogen-bond donors (Lipinski definition) is 0. The van der Waals surface area contributed by atoms with Crippen molar-refractivity contribution in [2.45, 2.75) is 19.8 Å². The average molecular weight is 375 g/mol. The van der Waals surface area contributed by atoms with E-state index in [1.807, 2.05) is 0 Å². The van der Waals surface area contributed by atoms with Crippen LogP contribution in [0.15, 0.2) is 23.8 Å². The zero-order valence-corrected chi connectivity index (χ0v) is 11.4. The molecule has 1 aliphatic rings. The number of hydrogen-bond acceptors (Lipinski definition) is 0. The Hall–Kier alpha value is 0.468. The topological polar surface area (TPSA) is 0 Å². The van der Waals surface area contributed by atoms with Crippen LogP contribution in [-0.4, -0.2) is 16.7 Å². The molecule has 13 heavy (non-hydrogen) atoms.